The van der Waals surface area contributed by atoms with E-state index < -0.39 is 0 Å². The fourth-order valence-electron chi connectivity index (χ4n) is 8.41. The number of benzene rings is 8. The summed E-state index contributed by atoms with van der Waals surface area (Å²) in [5.74, 6) is 1.76. The number of hydrogen-bond acceptors (Lipinski definition) is 4. The predicted molar refractivity (Wildman–Crippen MR) is 227 cm³/mol. The SMILES string of the molecule is c1cc(-c2ccc(N(c3ccc4c(c3)sc3ccccc34)c3ccc4c(c3)sc3ccccc34)cc2)c2c(c1)-n1c3ccccc3c3cccc(c31)O2. The van der Waals surface area contributed by atoms with Crippen LogP contribution in [0.1, 0.15) is 0 Å². The highest BCUT2D eigenvalue weighted by atomic mass is 32.1. The maximum atomic E-state index is 6.78. The molecular formula is C48H28N2OS2. The van der Waals surface area contributed by atoms with E-state index in [2.05, 4.69) is 179 Å². The summed E-state index contributed by atoms with van der Waals surface area (Å²) < 4.78 is 14.3. The first-order valence-electron chi connectivity index (χ1n) is 17.8. The van der Waals surface area contributed by atoms with Crippen LogP contribution < -0.4 is 9.64 Å². The molecule has 1 aliphatic rings. The molecule has 5 heteroatoms. The molecule has 0 saturated heterocycles. The van der Waals surface area contributed by atoms with E-state index in [-0.39, 0.29) is 0 Å². The quantitative estimate of drug-likeness (QED) is 0.181. The van der Waals surface area contributed by atoms with E-state index in [1.165, 1.54) is 56.6 Å². The van der Waals surface area contributed by atoms with Crippen LogP contribution in [0.4, 0.5) is 17.1 Å². The van der Waals surface area contributed by atoms with Gasteiger partial charge in [-0.15, -0.1) is 22.7 Å². The average Bonchev–Trinajstić information content (AvgIpc) is 3.88. The van der Waals surface area contributed by atoms with Crippen LogP contribution in [-0.2, 0) is 0 Å². The Balaban J connectivity index is 1.01. The Morgan fingerprint density at radius 3 is 1.70 bits per heavy atom. The number of ether oxygens (including phenoxy) is 1. The number of thiophene rings is 2. The van der Waals surface area contributed by atoms with Crippen LogP contribution in [0.15, 0.2) is 170 Å². The van der Waals surface area contributed by atoms with Gasteiger partial charge in [0.2, 0.25) is 0 Å². The van der Waals surface area contributed by atoms with Crippen molar-refractivity contribution < 1.29 is 4.74 Å². The van der Waals surface area contributed by atoms with Crippen molar-refractivity contribution in [1.29, 1.82) is 0 Å². The molecule has 0 radical (unpaired) electrons. The Labute approximate surface area is 312 Å². The van der Waals surface area contributed by atoms with Gasteiger partial charge in [0, 0.05) is 73.7 Å². The van der Waals surface area contributed by atoms with Gasteiger partial charge in [-0.2, -0.15) is 0 Å². The first kappa shape index (κ1) is 29.2. The number of anilines is 3. The highest BCUT2D eigenvalue weighted by molar-refractivity contribution is 7.26. The minimum Gasteiger partial charge on any atom is -0.452 e. The first-order chi connectivity index (χ1) is 26.3. The highest BCUT2D eigenvalue weighted by Crippen LogP contribution is 2.49. The van der Waals surface area contributed by atoms with Gasteiger partial charge in [0.1, 0.15) is 0 Å². The van der Waals surface area contributed by atoms with E-state index >= 15 is 0 Å². The Bertz CT molecular complexity index is 3160. The minimum atomic E-state index is 0.879. The number of rotatable bonds is 4. The molecule has 0 amide bonds. The molecule has 0 unspecified atom stereocenters. The summed E-state index contributed by atoms with van der Waals surface area (Å²) in [5, 5.41) is 7.66. The number of aromatic nitrogens is 1. The highest BCUT2D eigenvalue weighted by Gasteiger charge is 2.26. The molecule has 1 aliphatic heterocycles. The number of hydrogen-bond donors (Lipinski definition) is 0. The Morgan fingerprint density at radius 1 is 0.434 bits per heavy atom. The van der Waals surface area contributed by atoms with Gasteiger partial charge in [0.25, 0.3) is 0 Å². The van der Waals surface area contributed by atoms with Crippen LogP contribution >= 0.6 is 22.7 Å². The van der Waals surface area contributed by atoms with Gasteiger partial charge in [0.15, 0.2) is 11.5 Å². The number of para-hydroxylation sites is 3. The molecule has 0 aliphatic carbocycles. The second kappa shape index (κ2) is 11.1. The van der Waals surface area contributed by atoms with Crippen molar-refractivity contribution in [1.82, 2.24) is 4.57 Å². The topological polar surface area (TPSA) is 17.4 Å². The van der Waals surface area contributed by atoms with Crippen molar-refractivity contribution in [3.8, 4) is 28.3 Å². The van der Waals surface area contributed by atoms with Crippen LogP contribution in [0.3, 0.4) is 0 Å². The van der Waals surface area contributed by atoms with Crippen molar-refractivity contribution in [2.75, 3.05) is 4.90 Å². The molecule has 3 nitrogen and oxygen atoms in total. The van der Waals surface area contributed by atoms with Gasteiger partial charge in [0.05, 0.1) is 16.7 Å². The Morgan fingerprint density at radius 2 is 1.00 bits per heavy atom. The zero-order chi connectivity index (χ0) is 34.6. The van der Waals surface area contributed by atoms with Crippen LogP contribution in [-0.4, -0.2) is 4.57 Å². The third-order valence-electron chi connectivity index (χ3n) is 10.8. The molecule has 12 rings (SSSR count). The van der Waals surface area contributed by atoms with Gasteiger partial charge in [-0.1, -0.05) is 103 Å². The van der Waals surface area contributed by atoms with E-state index in [0.29, 0.717) is 0 Å². The van der Waals surface area contributed by atoms with E-state index in [0.717, 1.165) is 50.9 Å². The molecule has 0 spiro atoms. The van der Waals surface area contributed by atoms with E-state index in [4.69, 9.17) is 4.74 Å². The van der Waals surface area contributed by atoms with E-state index in [1.807, 2.05) is 22.7 Å². The summed E-state index contributed by atoms with van der Waals surface area (Å²) in [6.45, 7) is 0. The van der Waals surface area contributed by atoms with Crippen molar-refractivity contribution in [2.45, 2.75) is 0 Å². The monoisotopic (exact) mass is 712 g/mol. The predicted octanol–water partition coefficient (Wildman–Crippen LogP) is 14.8. The second-order valence-corrected chi connectivity index (χ2v) is 15.9. The van der Waals surface area contributed by atoms with Crippen LogP contribution in [0, 0.1) is 0 Å². The lowest BCUT2D eigenvalue weighted by Crippen LogP contribution is -2.09. The lowest BCUT2D eigenvalue weighted by molar-refractivity contribution is 0.478. The fourth-order valence-corrected chi connectivity index (χ4v) is 10.7. The molecule has 0 bridgehead atoms. The molecule has 8 aromatic carbocycles. The summed E-state index contributed by atoms with van der Waals surface area (Å²) in [4.78, 5) is 2.40. The maximum Gasteiger partial charge on any atom is 0.159 e. The van der Waals surface area contributed by atoms with Gasteiger partial charge < -0.3 is 14.2 Å². The van der Waals surface area contributed by atoms with E-state index in [9.17, 15) is 0 Å². The molecule has 3 aromatic heterocycles. The summed E-state index contributed by atoms with van der Waals surface area (Å²) >= 11 is 3.71. The summed E-state index contributed by atoms with van der Waals surface area (Å²) in [6.07, 6.45) is 0. The van der Waals surface area contributed by atoms with Crippen LogP contribution in [0.5, 0.6) is 11.5 Å². The summed E-state index contributed by atoms with van der Waals surface area (Å²) in [5.41, 5.74) is 8.92. The normalized spacial score (nSPS) is 12.3. The lowest BCUT2D eigenvalue weighted by Gasteiger charge is -2.26. The first-order valence-corrected chi connectivity index (χ1v) is 19.5. The van der Waals surface area contributed by atoms with Crippen molar-refractivity contribution in [3.63, 3.8) is 0 Å². The lowest BCUT2D eigenvalue weighted by atomic mass is 10.0. The fraction of sp³-hybridized carbons (Fsp3) is 0. The smallest absolute Gasteiger partial charge is 0.159 e. The van der Waals surface area contributed by atoms with Crippen LogP contribution in [0.25, 0.3) is 79.0 Å². The van der Waals surface area contributed by atoms with Gasteiger partial charge in [-0.3, -0.25) is 0 Å². The van der Waals surface area contributed by atoms with Crippen LogP contribution in [0.2, 0.25) is 0 Å². The third-order valence-corrected chi connectivity index (χ3v) is 13.0. The Hall–Kier alpha value is -6.40. The Kier molecular flexibility index (Phi) is 6.09. The molecule has 11 aromatic rings. The van der Waals surface area contributed by atoms with Gasteiger partial charge in [-0.05, 0) is 72.3 Å². The average molecular weight is 713 g/mol. The molecular weight excluding hydrogens is 685 g/mol. The molecule has 248 valence electrons. The van der Waals surface area contributed by atoms with Crippen molar-refractivity contribution in [3.05, 3.63) is 170 Å². The summed E-state index contributed by atoms with van der Waals surface area (Å²) in [6, 6.07) is 61.7. The largest absolute Gasteiger partial charge is 0.452 e. The zero-order valence-corrected chi connectivity index (χ0v) is 29.9. The van der Waals surface area contributed by atoms with E-state index in [1.54, 1.807) is 0 Å². The third kappa shape index (κ3) is 4.26. The molecule has 53 heavy (non-hydrogen) atoms. The summed E-state index contributed by atoms with van der Waals surface area (Å²) in [7, 11) is 0. The van der Waals surface area contributed by atoms with Gasteiger partial charge in [-0.25, -0.2) is 0 Å². The second-order valence-electron chi connectivity index (χ2n) is 13.7. The molecule has 4 heterocycles. The molecule has 0 N–H and O–H groups in total. The minimum absolute atomic E-state index is 0.879. The standard InChI is InChI=1S/C48H28N2OS2/c1-4-14-40-34(9-1)39-13-8-16-42-47(39)50(40)41-15-7-12-33(48(41)51-42)29-19-21-30(22-20-29)49(31-23-25-37-35-10-2-5-17-43(35)52-45(37)27-31)32-24-26-38-36-11-3-6-18-44(36)53-46(38)28-32/h1-28H. The van der Waals surface area contributed by atoms with Crippen molar-refractivity contribution >= 4 is 102 Å². The number of nitrogens with zero attached hydrogens (tertiary/aromatic N) is 2. The van der Waals surface area contributed by atoms with Crippen molar-refractivity contribution in [2.24, 2.45) is 0 Å². The number of fused-ring (bicyclic) bond motifs is 11. The van der Waals surface area contributed by atoms with Gasteiger partial charge >= 0.3 is 0 Å². The zero-order valence-electron chi connectivity index (χ0n) is 28.3. The molecule has 0 saturated carbocycles. The molecule has 0 atom stereocenters. The molecule has 0 fully saturated rings. The maximum absolute atomic E-state index is 6.78.